The Bertz CT molecular complexity index is 283. The van der Waals surface area contributed by atoms with Crippen molar-refractivity contribution in [2.24, 2.45) is 0 Å². The molecule has 0 aromatic heterocycles. The molecule has 0 saturated heterocycles. The van der Waals surface area contributed by atoms with Crippen LogP contribution in [0.5, 0.6) is 0 Å². The second-order valence-corrected chi connectivity index (χ2v) is 3.45. The van der Waals surface area contributed by atoms with Gasteiger partial charge in [-0.05, 0) is 6.42 Å². The summed E-state index contributed by atoms with van der Waals surface area (Å²) in [6.45, 7) is 3.36. The maximum Gasteiger partial charge on any atom is 0.257 e. The van der Waals surface area contributed by atoms with Gasteiger partial charge in [-0.15, -0.1) is 0 Å². The molecule has 0 aromatic carbocycles. The zero-order valence-corrected chi connectivity index (χ0v) is 8.49. The number of nitrogens with zero attached hydrogens (tertiary/aromatic N) is 1. The molecule has 0 radical (unpaired) electrons. The van der Waals surface area contributed by atoms with E-state index in [2.05, 4.69) is 0 Å². The minimum absolute atomic E-state index is 0.0126. The summed E-state index contributed by atoms with van der Waals surface area (Å²) in [5, 5.41) is 9.45. The summed E-state index contributed by atoms with van der Waals surface area (Å²) < 4.78 is 0. The van der Waals surface area contributed by atoms with E-state index in [1.54, 1.807) is 0 Å². The Labute approximate surface area is 83.2 Å². The molecule has 0 spiro atoms. The van der Waals surface area contributed by atoms with Crippen LogP contribution < -0.4 is 0 Å². The van der Waals surface area contributed by atoms with Crippen LogP contribution in [-0.4, -0.2) is 27.9 Å². The van der Waals surface area contributed by atoms with E-state index in [4.69, 9.17) is 0 Å². The number of hydrogen-bond donors (Lipinski definition) is 1. The fourth-order valence-electron chi connectivity index (χ4n) is 1.63. The highest BCUT2D eigenvalue weighted by Crippen LogP contribution is 2.22. The first-order valence-corrected chi connectivity index (χ1v) is 4.82. The average Bonchev–Trinajstić information content (AvgIpc) is 2.37. The predicted octanol–water partition coefficient (Wildman–Crippen LogP) is 1.38. The Morgan fingerprint density at radius 3 is 2.79 bits per heavy atom. The zero-order valence-electron chi connectivity index (χ0n) is 8.49. The van der Waals surface area contributed by atoms with Crippen LogP contribution in [-0.2, 0) is 9.59 Å². The second kappa shape index (κ2) is 4.26. The van der Waals surface area contributed by atoms with Crippen LogP contribution in [0.4, 0.5) is 0 Å². The molecule has 1 N–H and O–H groups in total. The summed E-state index contributed by atoms with van der Waals surface area (Å²) >= 11 is 0. The molecular formula is C10H15NO3. The van der Waals surface area contributed by atoms with Crippen LogP contribution in [0.2, 0.25) is 0 Å². The molecule has 1 heterocycles. The van der Waals surface area contributed by atoms with Gasteiger partial charge in [0.05, 0.1) is 6.04 Å². The molecule has 0 saturated carbocycles. The van der Waals surface area contributed by atoms with E-state index in [0.29, 0.717) is 6.42 Å². The van der Waals surface area contributed by atoms with E-state index in [1.165, 1.54) is 6.92 Å². The maximum atomic E-state index is 11.3. The van der Waals surface area contributed by atoms with Crippen molar-refractivity contribution in [3.63, 3.8) is 0 Å². The van der Waals surface area contributed by atoms with Crippen molar-refractivity contribution in [3.05, 3.63) is 11.8 Å². The van der Waals surface area contributed by atoms with Crippen LogP contribution in [0.1, 0.15) is 33.1 Å². The molecule has 2 amide bonds. The van der Waals surface area contributed by atoms with Gasteiger partial charge < -0.3 is 5.11 Å². The zero-order chi connectivity index (χ0) is 10.7. The number of hydrogen-bond acceptors (Lipinski definition) is 3. The minimum Gasteiger partial charge on any atom is -0.510 e. The van der Waals surface area contributed by atoms with Gasteiger partial charge in [0.1, 0.15) is 5.76 Å². The number of imide groups is 1. The summed E-state index contributed by atoms with van der Waals surface area (Å²) in [6, 6.07) is -0.431. The minimum atomic E-state index is -0.431. The molecule has 4 nitrogen and oxygen atoms in total. The largest absolute Gasteiger partial charge is 0.510 e. The number of rotatable bonds is 3. The topological polar surface area (TPSA) is 57.6 Å². The summed E-state index contributed by atoms with van der Waals surface area (Å²) in [5.74, 6) is -0.703. The Morgan fingerprint density at radius 2 is 2.29 bits per heavy atom. The molecular weight excluding hydrogens is 182 g/mol. The van der Waals surface area contributed by atoms with E-state index in [-0.39, 0.29) is 11.7 Å². The van der Waals surface area contributed by atoms with Gasteiger partial charge in [-0.2, -0.15) is 0 Å². The highest BCUT2D eigenvalue weighted by atomic mass is 16.3. The van der Waals surface area contributed by atoms with Crippen molar-refractivity contribution in [1.29, 1.82) is 0 Å². The van der Waals surface area contributed by atoms with Crippen molar-refractivity contribution in [2.45, 2.75) is 39.2 Å². The molecule has 78 valence electrons. The van der Waals surface area contributed by atoms with Gasteiger partial charge in [-0.3, -0.25) is 14.5 Å². The second-order valence-electron chi connectivity index (χ2n) is 3.45. The first-order valence-electron chi connectivity index (χ1n) is 4.82. The van der Waals surface area contributed by atoms with E-state index in [1.807, 2.05) is 6.92 Å². The molecule has 0 fully saturated rings. The number of carbonyl (C=O) groups is 2. The Morgan fingerprint density at radius 1 is 1.64 bits per heavy atom. The monoisotopic (exact) mass is 197 g/mol. The Kier molecular flexibility index (Phi) is 3.28. The number of unbranched alkanes of at least 4 members (excludes halogenated alkanes) is 1. The quantitative estimate of drug-likeness (QED) is 0.743. The highest BCUT2D eigenvalue weighted by molar-refractivity contribution is 6.03. The highest BCUT2D eigenvalue weighted by Gasteiger charge is 2.34. The van der Waals surface area contributed by atoms with Crippen molar-refractivity contribution >= 4 is 11.8 Å². The van der Waals surface area contributed by atoms with E-state index >= 15 is 0 Å². The van der Waals surface area contributed by atoms with Crippen molar-refractivity contribution in [1.82, 2.24) is 4.90 Å². The fourth-order valence-corrected chi connectivity index (χ4v) is 1.63. The molecule has 0 bridgehead atoms. The molecule has 1 rings (SSSR count). The van der Waals surface area contributed by atoms with Crippen molar-refractivity contribution in [2.75, 3.05) is 0 Å². The first kappa shape index (κ1) is 10.8. The molecule has 4 heteroatoms. The van der Waals surface area contributed by atoms with Crippen LogP contribution >= 0.6 is 0 Å². The van der Waals surface area contributed by atoms with Gasteiger partial charge in [0, 0.05) is 13.0 Å². The number of aliphatic hydroxyl groups is 1. The number of carbonyl (C=O) groups excluding carboxylic acids is 2. The molecule has 1 unspecified atom stereocenters. The molecule has 14 heavy (non-hydrogen) atoms. The van der Waals surface area contributed by atoms with E-state index < -0.39 is 11.9 Å². The van der Waals surface area contributed by atoms with Gasteiger partial charge in [-0.1, -0.05) is 19.8 Å². The van der Waals surface area contributed by atoms with Crippen LogP contribution in [0.25, 0.3) is 0 Å². The molecule has 1 atom stereocenters. The summed E-state index contributed by atoms with van der Waals surface area (Å²) in [5.41, 5.74) is 0. The standard InChI is InChI=1S/C10H15NO3/c1-3-4-5-8-9(13)6-10(14)11(8)7(2)12/h6,8,13H,3-5H2,1-2H3. The van der Waals surface area contributed by atoms with Crippen LogP contribution in [0, 0.1) is 0 Å². The van der Waals surface area contributed by atoms with Gasteiger partial charge in [0.2, 0.25) is 5.91 Å². The normalized spacial score (nSPS) is 21.3. The molecule has 1 aliphatic rings. The average molecular weight is 197 g/mol. The Balaban J connectivity index is 2.74. The van der Waals surface area contributed by atoms with Gasteiger partial charge in [-0.25, -0.2) is 0 Å². The third kappa shape index (κ3) is 1.95. The first-order chi connectivity index (χ1) is 6.57. The third-order valence-corrected chi connectivity index (χ3v) is 2.33. The number of amides is 2. The predicted molar refractivity (Wildman–Crippen MR) is 51.6 cm³/mol. The smallest absolute Gasteiger partial charge is 0.257 e. The van der Waals surface area contributed by atoms with Crippen molar-refractivity contribution < 1.29 is 14.7 Å². The summed E-state index contributed by atoms with van der Waals surface area (Å²) in [4.78, 5) is 23.5. The SMILES string of the molecule is CCCCC1C(O)=CC(=O)N1C(C)=O. The maximum absolute atomic E-state index is 11.3. The lowest BCUT2D eigenvalue weighted by Gasteiger charge is -2.21. The van der Waals surface area contributed by atoms with Gasteiger partial charge in [0.15, 0.2) is 0 Å². The molecule has 0 aliphatic carbocycles. The van der Waals surface area contributed by atoms with Crippen LogP contribution in [0.15, 0.2) is 11.8 Å². The Hall–Kier alpha value is -1.32. The fraction of sp³-hybridized carbons (Fsp3) is 0.600. The van der Waals surface area contributed by atoms with E-state index in [9.17, 15) is 14.7 Å². The third-order valence-electron chi connectivity index (χ3n) is 2.33. The van der Waals surface area contributed by atoms with Crippen molar-refractivity contribution in [3.8, 4) is 0 Å². The summed E-state index contributed by atoms with van der Waals surface area (Å²) in [6.07, 6.45) is 3.63. The number of aliphatic hydroxyl groups excluding tert-OH is 1. The lowest BCUT2D eigenvalue weighted by atomic mass is 10.1. The summed E-state index contributed by atoms with van der Waals surface area (Å²) in [7, 11) is 0. The molecule has 1 aliphatic heterocycles. The van der Waals surface area contributed by atoms with E-state index in [0.717, 1.165) is 23.8 Å². The lowest BCUT2D eigenvalue weighted by Crippen LogP contribution is -2.38. The van der Waals surface area contributed by atoms with Gasteiger partial charge in [0.25, 0.3) is 5.91 Å². The lowest BCUT2D eigenvalue weighted by molar-refractivity contribution is -0.141. The van der Waals surface area contributed by atoms with Crippen LogP contribution in [0.3, 0.4) is 0 Å². The van der Waals surface area contributed by atoms with Gasteiger partial charge >= 0.3 is 0 Å². The molecule has 0 aromatic rings.